The highest BCUT2D eigenvalue weighted by Gasteiger charge is 2.18. The second-order valence-electron chi connectivity index (χ2n) is 7.34. The smallest absolute Gasteiger partial charge is 0.255 e. The molecule has 4 rings (SSSR count). The molecule has 0 aliphatic carbocycles. The number of sulfone groups is 1. The normalized spacial score (nSPS) is 14.3. The van der Waals surface area contributed by atoms with E-state index in [2.05, 4.69) is 10.2 Å². The van der Waals surface area contributed by atoms with Crippen molar-refractivity contribution >= 4 is 27.1 Å². The summed E-state index contributed by atoms with van der Waals surface area (Å²) in [5.41, 5.74) is 2.65. The van der Waals surface area contributed by atoms with Gasteiger partial charge in [0.2, 0.25) is 0 Å². The lowest BCUT2D eigenvalue weighted by molar-refractivity contribution is 0.102. The number of hydrogen-bond donors (Lipinski definition) is 1. The van der Waals surface area contributed by atoms with E-state index in [9.17, 15) is 13.2 Å². The predicted octanol–water partition coefficient (Wildman–Crippen LogP) is 3.75. The Hall–Kier alpha value is -3.16. The molecular weight excluding hydrogens is 412 g/mol. The van der Waals surface area contributed by atoms with Crippen molar-refractivity contribution in [2.75, 3.05) is 36.5 Å². The zero-order valence-electron chi connectivity index (χ0n) is 17.0. The predicted molar refractivity (Wildman–Crippen MR) is 121 cm³/mol. The number of ether oxygens (including phenoxy) is 1. The van der Waals surface area contributed by atoms with Gasteiger partial charge >= 0.3 is 0 Å². The molecule has 3 aromatic rings. The second kappa shape index (κ2) is 9.32. The summed E-state index contributed by atoms with van der Waals surface area (Å²) in [5.74, 6) is -0.442. The summed E-state index contributed by atoms with van der Waals surface area (Å²) in [5, 5.41) is 2.97. The molecule has 0 atom stereocenters. The van der Waals surface area contributed by atoms with Crippen molar-refractivity contribution in [2.45, 2.75) is 10.6 Å². The highest BCUT2D eigenvalue weighted by atomic mass is 32.2. The maximum atomic E-state index is 12.9. The van der Waals surface area contributed by atoms with E-state index >= 15 is 0 Å². The summed E-state index contributed by atoms with van der Waals surface area (Å²) in [6.45, 7) is 2.83. The molecule has 6 nitrogen and oxygen atoms in total. The van der Waals surface area contributed by atoms with E-state index in [1.807, 2.05) is 24.3 Å². The molecule has 1 heterocycles. The number of hydrogen-bond acceptors (Lipinski definition) is 5. The van der Waals surface area contributed by atoms with E-state index < -0.39 is 9.84 Å². The Morgan fingerprint density at radius 2 is 1.61 bits per heavy atom. The van der Waals surface area contributed by atoms with Gasteiger partial charge in [0.15, 0.2) is 9.84 Å². The Kier molecular flexibility index (Phi) is 6.34. The molecule has 160 valence electrons. The van der Waals surface area contributed by atoms with Crippen LogP contribution in [-0.2, 0) is 20.3 Å². The van der Waals surface area contributed by atoms with Gasteiger partial charge in [-0.2, -0.15) is 0 Å². The standard InChI is InChI=1S/C24H24N2O4S/c27-24(25-22-11-4-5-12-23(22)26-13-15-30-16-14-26)20-8-6-7-19(17-20)18-31(28,29)21-9-2-1-3-10-21/h1-12,17H,13-16,18H2,(H,25,27). The molecule has 1 N–H and O–H groups in total. The lowest BCUT2D eigenvalue weighted by atomic mass is 10.1. The summed E-state index contributed by atoms with van der Waals surface area (Å²) >= 11 is 0. The number of rotatable bonds is 6. The Bertz CT molecular complexity index is 1160. The fraction of sp³-hybridized carbons (Fsp3) is 0.208. The number of anilines is 2. The van der Waals surface area contributed by atoms with Crippen LogP contribution < -0.4 is 10.2 Å². The molecule has 3 aromatic carbocycles. The van der Waals surface area contributed by atoms with Gasteiger partial charge < -0.3 is 15.0 Å². The van der Waals surface area contributed by atoms with Crippen LogP contribution in [0, 0.1) is 0 Å². The maximum Gasteiger partial charge on any atom is 0.255 e. The number of nitrogens with one attached hydrogen (secondary N) is 1. The SMILES string of the molecule is O=C(Nc1ccccc1N1CCOCC1)c1cccc(CS(=O)(=O)c2ccccc2)c1. The molecule has 7 heteroatoms. The zero-order chi connectivity index (χ0) is 21.7. The highest BCUT2D eigenvalue weighted by Crippen LogP contribution is 2.27. The lowest BCUT2D eigenvalue weighted by Crippen LogP contribution is -2.36. The Morgan fingerprint density at radius 1 is 0.903 bits per heavy atom. The Labute approximate surface area is 182 Å². The molecule has 1 fully saturated rings. The molecule has 0 spiro atoms. The maximum absolute atomic E-state index is 12.9. The van der Waals surface area contributed by atoms with E-state index in [1.54, 1.807) is 54.6 Å². The fourth-order valence-corrected chi connectivity index (χ4v) is 4.94. The monoisotopic (exact) mass is 436 g/mol. The molecule has 0 radical (unpaired) electrons. The first-order chi connectivity index (χ1) is 15.0. The first-order valence-corrected chi connectivity index (χ1v) is 11.8. The molecule has 0 unspecified atom stereocenters. The topological polar surface area (TPSA) is 75.7 Å². The van der Waals surface area contributed by atoms with E-state index in [1.165, 1.54) is 0 Å². The van der Waals surface area contributed by atoms with Crippen LogP contribution in [0.4, 0.5) is 11.4 Å². The molecule has 31 heavy (non-hydrogen) atoms. The molecule has 1 amide bonds. The zero-order valence-corrected chi connectivity index (χ0v) is 17.8. The average molecular weight is 437 g/mol. The van der Waals surface area contributed by atoms with Crippen LogP contribution >= 0.6 is 0 Å². The lowest BCUT2D eigenvalue weighted by Gasteiger charge is -2.30. The number of benzene rings is 3. The third-order valence-electron chi connectivity index (χ3n) is 5.15. The van der Waals surface area contributed by atoms with Crippen molar-refractivity contribution in [2.24, 2.45) is 0 Å². The van der Waals surface area contributed by atoms with Gasteiger partial charge in [0.1, 0.15) is 0 Å². The van der Waals surface area contributed by atoms with Crippen molar-refractivity contribution in [1.82, 2.24) is 0 Å². The molecule has 1 saturated heterocycles. The van der Waals surface area contributed by atoms with Gasteiger partial charge in [-0.25, -0.2) is 8.42 Å². The van der Waals surface area contributed by atoms with Gasteiger partial charge in [-0.05, 0) is 42.0 Å². The molecule has 1 aliphatic heterocycles. The summed E-state index contributed by atoms with van der Waals surface area (Å²) in [7, 11) is -3.49. The number of para-hydroxylation sites is 2. The summed E-state index contributed by atoms with van der Waals surface area (Å²) in [4.78, 5) is 15.4. The van der Waals surface area contributed by atoms with Crippen LogP contribution in [0.3, 0.4) is 0 Å². The molecule has 0 saturated carbocycles. The third-order valence-corrected chi connectivity index (χ3v) is 6.86. The van der Waals surface area contributed by atoms with E-state index in [4.69, 9.17) is 4.74 Å². The van der Waals surface area contributed by atoms with Gasteiger partial charge in [-0.3, -0.25) is 4.79 Å². The molecular formula is C24H24N2O4S. The minimum absolute atomic E-state index is 0.164. The van der Waals surface area contributed by atoms with Crippen LogP contribution in [0.25, 0.3) is 0 Å². The van der Waals surface area contributed by atoms with Crippen LogP contribution in [0.5, 0.6) is 0 Å². The second-order valence-corrected chi connectivity index (χ2v) is 9.33. The van der Waals surface area contributed by atoms with Crippen LogP contribution in [0.15, 0.2) is 83.8 Å². The van der Waals surface area contributed by atoms with Crippen molar-refractivity contribution < 1.29 is 17.9 Å². The van der Waals surface area contributed by atoms with E-state index in [0.29, 0.717) is 24.3 Å². The molecule has 1 aliphatic rings. The minimum Gasteiger partial charge on any atom is -0.378 e. The molecule has 0 bridgehead atoms. The highest BCUT2D eigenvalue weighted by molar-refractivity contribution is 7.90. The number of nitrogens with zero attached hydrogens (tertiary/aromatic N) is 1. The summed E-state index contributed by atoms with van der Waals surface area (Å²) in [6.07, 6.45) is 0. The van der Waals surface area contributed by atoms with Gasteiger partial charge in [-0.15, -0.1) is 0 Å². The minimum atomic E-state index is -3.49. The van der Waals surface area contributed by atoms with Gasteiger partial charge in [0, 0.05) is 18.7 Å². The fourth-order valence-electron chi connectivity index (χ4n) is 3.59. The van der Waals surface area contributed by atoms with Gasteiger partial charge in [-0.1, -0.05) is 42.5 Å². The number of carbonyl (C=O) groups excluding carboxylic acids is 1. The first-order valence-electron chi connectivity index (χ1n) is 10.1. The molecule has 0 aromatic heterocycles. The van der Waals surface area contributed by atoms with Crippen molar-refractivity contribution in [3.8, 4) is 0 Å². The number of carbonyl (C=O) groups is 1. The third kappa shape index (κ3) is 5.13. The van der Waals surface area contributed by atoms with Crippen molar-refractivity contribution in [3.05, 3.63) is 90.0 Å². The number of amides is 1. The van der Waals surface area contributed by atoms with Gasteiger partial charge in [0.05, 0.1) is 35.2 Å². The average Bonchev–Trinajstić information content (AvgIpc) is 2.80. The Balaban J connectivity index is 1.52. The van der Waals surface area contributed by atoms with Crippen molar-refractivity contribution in [3.63, 3.8) is 0 Å². The van der Waals surface area contributed by atoms with Crippen LogP contribution in [-0.4, -0.2) is 40.6 Å². The summed E-state index contributed by atoms with van der Waals surface area (Å²) in [6, 6.07) is 22.7. The van der Waals surface area contributed by atoms with E-state index in [0.717, 1.165) is 24.5 Å². The Morgan fingerprint density at radius 3 is 2.39 bits per heavy atom. The number of morpholine rings is 1. The quantitative estimate of drug-likeness (QED) is 0.637. The van der Waals surface area contributed by atoms with Crippen LogP contribution in [0.2, 0.25) is 0 Å². The first kappa shape index (κ1) is 21.1. The van der Waals surface area contributed by atoms with E-state index in [-0.39, 0.29) is 16.6 Å². The largest absolute Gasteiger partial charge is 0.378 e. The summed E-state index contributed by atoms with van der Waals surface area (Å²) < 4.78 is 30.8. The van der Waals surface area contributed by atoms with Gasteiger partial charge in [0.25, 0.3) is 5.91 Å². The van der Waals surface area contributed by atoms with Crippen LogP contribution in [0.1, 0.15) is 15.9 Å². The van der Waals surface area contributed by atoms with Crippen molar-refractivity contribution in [1.29, 1.82) is 0 Å².